The number of rotatable bonds is 17. The van der Waals surface area contributed by atoms with E-state index >= 15 is 0 Å². The average molecular weight is 1210 g/mol. The van der Waals surface area contributed by atoms with E-state index in [0.29, 0.717) is 49.3 Å². The molecule has 0 aliphatic rings. The number of esters is 2. The summed E-state index contributed by atoms with van der Waals surface area (Å²) in [6.45, 7) is 4.09. The molecule has 3 aromatic carbocycles. The van der Waals surface area contributed by atoms with Crippen LogP contribution >= 0.6 is 35.7 Å². The second-order valence-corrected chi connectivity index (χ2v) is 19.5. The van der Waals surface area contributed by atoms with Crippen LogP contribution < -0.4 is 18.9 Å². The van der Waals surface area contributed by atoms with Gasteiger partial charge in [-0.15, -0.1) is 0 Å². The molecule has 0 aliphatic heterocycles. The molecule has 0 atom stereocenters. The molecule has 9 rings (SSSR count). The molecule has 27 heteroatoms. The van der Waals surface area contributed by atoms with Gasteiger partial charge in [0, 0.05) is 71.9 Å². The molecule has 0 unspecified atom stereocenters. The van der Waals surface area contributed by atoms with Crippen LogP contribution in [-0.4, -0.2) is 100.0 Å². The van der Waals surface area contributed by atoms with Crippen LogP contribution in [0.1, 0.15) is 84.3 Å². The molecule has 3 N–H and O–H groups in total. The number of hydrogen-bond donors (Lipinski definition) is 2. The number of thioether (sulfide) groups is 2. The number of nitrogens with zero attached hydrogens (tertiary/aromatic N) is 8. The molecule has 0 fully saturated rings. The number of aromatic nitrogens is 9. The van der Waals surface area contributed by atoms with Crippen LogP contribution in [-0.2, 0) is 41.9 Å². The number of carboxylic acid groups (broad SMARTS) is 1. The molecule has 0 amide bonds. The van der Waals surface area contributed by atoms with Crippen molar-refractivity contribution in [2.45, 2.75) is 64.6 Å². The van der Waals surface area contributed by atoms with E-state index in [0.717, 1.165) is 22.9 Å². The molecule has 9 aromatic rings. The van der Waals surface area contributed by atoms with Gasteiger partial charge in [-0.05, 0) is 152 Å². The fraction of sp³-hybridized carbons (Fsp3) is 0.196. The Kier molecular flexibility index (Phi) is 32.4. The topological polar surface area (TPSA) is 258 Å². The third-order valence-corrected chi connectivity index (χ3v) is 13.0. The number of aromatic amines is 1. The third-order valence-electron chi connectivity index (χ3n) is 10.1. The molecule has 0 bridgehead atoms. The largest absolute Gasteiger partial charge is 1.00 e. The minimum Gasteiger partial charge on any atom is -0.870 e. The molecular weight excluding hydrogens is 1150 g/mol. The van der Waals surface area contributed by atoms with Crippen LogP contribution in [0.2, 0.25) is 0 Å². The van der Waals surface area contributed by atoms with E-state index in [-0.39, 0.29) is 95.3 Å². The first-order valence-electron chi connectivity index (χ1n) is 23.1. The van der Waals surface area contributed by atoms with Crippen molar-refractivity contribution in [3.63, 3.8) is 0 Å². The smallest absolute Gasteiger partial charge is 0.870 e. The van der Waals surface area contributed by atoms with Gasteiger partial charge >= 0.3 is 36.8 Å². The number of nitrogens with one attached hydrogen (secondary N) is 1. The summed E-state index contributed by atoms with van der Waals surface area (Å²) in [6.07, 6.45) is 15.3. The fourth-order valence-corrected chi connectivity index (χ4v) is 9.04. The second kappa shape index (κ2) is 36.7. The Morgan fingerprint density at radius 3 is 1.30 bits per heavy atom. The van der Waals surface area contributed by atoms with Crippen LogP contribution in [0.4, 0.5) is 13.2 Å². The molecule has 436 valence electrons. The zero-order valence-electron chi connectivity index (χ0n) is 43.1. The Morgan fingerprint density at radius 1 is 0.578 bits per heavy atom. The van der Waals surface area contributed by atoms with Gasteiger partial charge in [-0.2, -0.15) is 8.42 Å². The van der Waals surface area contributed by atoms with Crippen molar-refractivity contribution in [2.24, 2.45) is 0 Å². The summed E-state index contributed by atoms with van der Waals surface area (Å²) >= 11 is 7.98. The number of aromatic carboxylic acids is 1. The Hall–Kier alpha value is -7.67. The Bertz CT molecular complexity index is 3550. The molecule has 0 saturated carbocycles. The summed E-state index contributed by atoms with van der Waals surface area (Å²) in [7, 11) is -3.34. The first-order valence-corrected chi connectivity index (χ1v) is 27.3. The zero-order chi connectivity index (χ0) is 56.0. The normalized spacial score (nSPS) is 10.0. The SMILES string of the molecule is C.C.C.CCOC(=O)c1c[nH]c(=S)n1-c1ccc(F)cc1.CCOC(=O)c1cnc(SCc2ccncc2)n1-c1ccc(F)cc1.CS(=O)(=O)OCc1ccncc1.O=C(O)c1cnc(SCc2ccncc2)n1-c1ccc(F)cc1.[Li+].[OH-]. The molecular formula is C56H61F3LiN9O10S4. The summed E-state index contributed by atoms with van der Waals surface area (Å²) in [5.41, 5.74) is 5.37. The van der Waals surface area contributed by atoms with Gasteiger partial charge in [0.15, 0.2) is 32.2 Å². The van der Waals surface area contributed by atoms with Crippen molar-refractivity contribution >= 4 is 63.8 Å². The maximum Gasteiger partial charge on any atom is 1.00 e. The van der Waals surface area contributed by atoms with Crippen LogP contribution in [0.5, 0.6) is 0 Å². The van der Waals surface area contributed by atoms with Crippen LogP contribution in [0.25, 0.3) is 17.1 Å². The number of imidazole rings is 3. The second-order valence-electron chi connectivity index (χ2n) is 15.6. The van der Waals surface area contributed by atoms with E-state index in [1.54, 1.807) is 92.0 Å². The van der Waals surface area contributed by atoms with Gasteiger partial charge in [-0.3, -0.25) is 32.8 Å². The summed E-state index contributed by atoms with van der Waals surface area (Å²) in [5.74, 6) is -1.80. The van der Waals surface area contributed by atoms with Crippen molar-refractivity contribution in [3.05, 3.63) is 221 Å². The minimum atomic E-state index is -3.34. The Balaban J connectivity index is 0.000000558. The summed E-state index contributed by atoms with van der Waals surface area (Å²) in [5, 5.41) is 10.5. The molecule has 0 aliphatic carbocycles. The van der Waals surface area contributed by atoms with Gasteiger partial charge in [0.2, 0.25) is 0 Å². The Labute approximate surface area is 505 Å². The summed E-state index contributed by atoms with van der Waals surface area (Å²) in [6, 6.07) is 28.3. The van der Waals surface area contributed by atoms with Gasteiger partial charge in [0.1, 0.15) is 17.5 Å². The van der Waals surface area contributed by atoms with Gasteiger partial charge in [0.05, 0.1) is 38.5 Å². The van der Waals surface area contributed by atoms with Crippen LogP contribution in [0, 0.1) is 22.2 Å². The van der Waals surface area contributed by atoms with Crippen LogP contribution in [0.15, 0.2) is 175 Å². The standard InChI is InChI=1S/C18H16FN3O2S.C16H12FN3O2S.C12H11FN2O2S.C7H9NO3S.3CH4.Li.H2O/c1-2-24-17(23)16-11-21-18(25-12-13-7-9-20-10-8-13)22(16)15-5-3-14(19)4-6-15;17-12-1-3-13(4-2-12)20-14(15(21)22)9-19-16(20)23-10-11-5-7-18-8-6-11;1-2-17-11(16)10-7-14-12(18)15(10)9-5-3-8(13)4-6-9;1-12(9,10)11-6-7-2-4-8-5-3-7;;;;;/h3-11H,2,12H2,1H3;1-9H,10H2,(H,21,22);3-7H,2H2,1H3,(H,14,18);2-5H,6H2,1H3;3*1H4;;1H2/q;;;;;;;+1;/p-1. The molecule has 0 radical (unpaired) electrons. The van der Waals surface area contributed by atoms with Crippen LogP contribution in [0.3, 0.4) is 0 Å². The molecule has 0 spiro atoms. The van der Waals surface area contributed by atoms with E-state index in [4.69, 9.17) is 21.7 Å². The summed E-state index contributed by atoms with van der Waals surface area (Å²) < 4.78 is 80.0. The van der Waals surface area contributed by atoms with Gasteiger partial charge in [-0.1, -0.05) is 45.8 Å². The number of carbonyl (C=O) groups excluding carboxylic acids is 2. The van der Waals surface area contributed by atoms with E-state index in [1.165, 1.54) is 99.8 Å². The fourth-order valence-electron chi connectivity index (χ4n) is 6.53. The van der Waals surface area contributed by atoms with Crippen molar-refractivity contribution in [1.82, 2.24) is 43.6 Å². The minimum absolute atomic E-state index is 0. The maximum atomic E-state index is 13.3. The quantitative estimate of drug-likeness (QED) is 0.0283. The monoisotopic (exact) mass is 1210 g/mol. The van der Waals surface area contributed by atoms with Crippen molar-refractivity contribution < 1.29 is 79.1 Å². The van der Waals surface area contributed by atoms with E-state index < -0.39 is 28.0 Å². The molecule has 0 saturated heterocycles. The van der Waals surface area contributed by atoms with Gasteiger partial charge < -0.3 is 25.0 Å². The summed E-state index contributed by atoms with van der Waals surface area (Å²) in [4.78, 5) is 58.4. The molecule has 6 aromatic heterocycles. The van der Waals surface area contributed by atoms with Crippen molar-refractivity contribution in [2.75, 3.05) is 19.5 Å². The number of benzene rings is 3. The number of carboxylic acids is 1. The molecule has 6 heterocycles. The molecule has 83 heavy (non-hydrogen) atoms. The number of H-pyrrole nitrogens is 1. The Morgan fingerprint density at radius 2 is 0.928 bits per heavy atom. The average Bonchev–Trinajstić information content (AvgIpc) is 4.42. The number of ether oxygens (including phenoxy) is 2. The van der Waals surface area contributed by atoms with Gasteiger partial charge in [0.25, 0.3) is 10.1 Å². The number of hydrogen-bond acceptors (Lipinski definition) is 17. The zero-order valence-corrected chi connectivity index (χ0v) is 46.4. The van der Waals surface area contributed by atoms with E-state index in [2.05, 4.69) is 34.1 Å². The van der Waals surface area contributed by atoms with E-state index in [9.17, 15) is 41.1 Å². The van der Waals surface area contributed by atoms with Gasteiger partial charge in [-0.25, -0.2) is 37.5 Å². The first kappa shape index (κ1) is 73.3. The van der Waals surface area contributed by atoms with Crippen molar-refractivity contribution in [3.8, 4) is 17.1 Å². The maximum absolute atomic E-state index is 13.3. The van der Waals surface area contributed by atoms with Crippen molar-refractivity contribution in [1.29, 1.82) is 0 Å². The predicted molar refractivity (Wildman–Crippen MR) is 310 cm³/mol. The van der Waals surface area contributed by atoms with E-state index in [1.807, 2.05) is 24.3 Å². The first-order chi connectivity index (χ1) is 37.5. The predicted octanol–water partition coefficient (Wildman–Crippen LogP) is 9.42. The number of halogens is 3. The number of pyridine rings is 3. The third kappa shape index (κ3) is 22.5. The number of carbonyl (C=O) groups is 3. The molecule has 19 nitrogen and oxygen atoms in total.